The van der Waals surface area contributed by atoms with Crippen LogP contribution in [0.2, 0.25) is 0 Å². The van der Waals surface area contributed by atoms with E-state index in [9.17, 15) is 0 Å². The zero-order valence-corrected chi connectivity index (χ0v) is 8.71. The molecule has 0 bridgehead atoms. The summed E-state index contributed by atoms with van der Waals surface area (Å²) in [5, 5.41) is 3.17. The number of guanidine groups is 1. The van der Waals surface area contributed by atoms with Crippen molar-refractivity contribution in [3.05, 3.63) is 0 Å². The molecule has 0 atom stereocenters. The van der Waals surface area contributed by atoms with E-state index in [1.54, 1.807) is 0 Å². The Morgan fingerprint density at radius 2 is 2.23 bits per heavy atom. The summed E-state index contributed by atoms with van der Waals surface area (Å²) in [4.78, 5) is 4.24. The second kappa shape index (κ2) is 5.10. The summed E-state index contributed by atoms with van der Waals surface area (Å²) >= 11 is 0. The largest absolute Gasteiger partial charge is 0.370 e. The monoisotopic (exact) mass is 183 g/mol. The van der Waals surface area contributed by atoms with Gasteiger partial charge in [0.15, 0.2) is 5.96 Å². The number of nitrogens with zero attached hydrogens (tertiary/aromatic N) is 1. The minimum atomic E-state index is 0.587. The maximum Gasteiger partial charge on any atom is 0.188 e. The summed E-state index contributed by atoms with van der Waals surface area (Å²) in [5.41, 5.74) is 5.69. The van der Waals surface area contributed by atoms with Crippen molar-refractivity contribution in [1.82, 2.24) is 5.32 Å². The fraction of sp³-hybridized carbons (Fsp3) is 0.900. The van der Waals surface area contributed by atoms with E-state index in [0.717, 1.165) is 19.0 Å². The first-order valence-corrected chi connectivity index (χ1v) is 5.22. The van der Waals surface area contributed by atoms with Crippen LogP contribution in [0.4, 0.5) is 0 Å². The maximum atomic E-state index is 5.69. The van der Waals surface area contributed by atoms with E-state index in [0.29, 0.717) is 11.9 Å². The van der Waals surface area contributed by atoms with Gasteiger partial charge in [0.25, 0.3) is 0 Å². The molecule has 3 nitrogen and oxygen atoms in total. The van der Waals surface area contributed by atoms with Crippen molar-refractivity contribution in [2.24, 2.45) is 22.6 Å². The maximum absolute atomic E-state index is 5.69. The van der Waals surface area contributed by atoms with Crippen LogP contribution in [0.3, 0.4) is 0 Å². The Morgan fingerprint density at radius 1 is 1.54 bits per heavy atom. The van der Waals surface area contributed by atoms with Crippen LogP contribution in [-0.4, -0.2) is 19.0 Å². The Labute approximate surface area is 80.8 Å². The van der Waals surface area contributed by atoms with Gasteiger partial charge in [-0.3, -0.25) is 4.99 Å². The highest BCUT2D eigenvalue weighted by atomic mass is 15.1. The van der Waals surface area contributed by atoms with Crippen LogP contribution >= 0.6 is 0 Å². The van der Waals surface area contributed by atoms with Crippen molar-refractivity contribution < 1.29 is 0 Å². The molecule has 1 aliphatic rings. The van der Waals surface area contributed by atoms with Gasteiger partial charge >= 0.3 is 0 Å². The zero-order chi connectivity index (χ0) is 9.68. The highest BCUT2D eigenvalue weighted by Crippen LogP contribution is 2.24. The molecule has 0 aliphatic heterocycles. The van der Waals surface area contributed by atoms with Gasteiger partial charge < -0.3 is 11.1 Å². The number of aliphatic imine (C=N–C) groups is 1. The van der Waals surface area contributed by atoms with Crippen molar-refractivity contribution in [2.45, 2.75) is 33.1 Å². The van der Waals surface area contributed by atoms with E-state index >= 15 is 0 Å². The predicted octanol–water partition coefficient (Wildman–Crippen LogP) is 1.35. The molecule has 76 valence electrons. The van der Waals surface area contributed by atoms with Gasteiger partial charge in [-0.2, -0.15) is 0 Å². The first-order valence-electron chi connectivity index (χ1n) is 5.22. The second-order valence-electron chi connectivity index (χ2n) is 4.30. The summed E-state index contributed by atoms with van der Waals surface area (Å²) < 4.78 is 0. The molecule has 0 unspecified atom stereocenters. The number of hydrogen-bond acceptors (Lipinski definition) is 1. The molecule has 0 spiro atoms. The molecule has 1 fully saturated rings. The predicted molar refractivity (Wildman–Crippen MR) is 56.7 cm³/mol. The summed E-state index contributed by atoms with van der Waals surface area (Å²) in [6.45, 7) is 6.11. The first-order chi connectivity index (χ1) is 6.18. The molecule has 0 aromatic heterocycles. The molecule has 1 rings (SSSR count). The lowest BCUT2D eigenvalue weighted by molar-refractivity contribution is 0.315. The molecule has 0 radical (unpaired) electrons. The van der Waals surface area contributed by atoms with Gasteiger partial charge in [-0.05, 0) is 24.7 Å². The molecule has 13 heavy (non-hydrogen) atoms. The summed E-state index contributed by atoms with van der Waals surface area (Å²) in [6.07, 6.45) is 4.09. The smallest absolute Gasteiger partial charge is 0.188 e. The molecular weight excluding hydrogens is 162 g/mol. The van der Waals surface area contributed by atoms with Gasteiger partial charge in [0.1, 0.15) is 0 Å². The van der Waals surface area contributed by atoms with Gasteiger partial charge in [-0.1, -0.05) is 20.3 Å². The molecule has 0 saturated heterocycles. The molecular formula is C10H21N3. The molecule has 3 heteroatoms. The number of rotatable bonds is 4. The third kappa shape index (κ3) is 4.15. The highest BCUT2D eigenvalue weighted by Gasteiger charge is 2.16. The first kappa shape index (κ1) is 10.4. The van der Waals surface area contributed by atoms with Crippen molar-refractivity contribution in [2.75, 3.05) is 13.1 Å². The SMILES string of the molecule is CC(C)CN=C(N)NCC1CCC1. The summed E-state index contributed by atoms with van der Waals surface area (Å²) in [5.74, 6) is 2.04. The molecule has 0 amide bonds. The van der Waals surface area contributed by atoms with Gasteiger partial charge in [0.2, 0.25) is 0 Å². The standard InChI is InChI=1S/C10H21N3/c1-8(2)6-12-10(11)13-7-9-4-3-5-9/h8-9H,3-7H2,1-2H3,(H3,11,12,13). The Bertz CT molecular complexity index is 171. The normalized spacial score (nSPS) is 18.8. The zero-order valence-electron chi connectivity index (χ0n) is 8.71. The van der Waals surface area contributed by atoms with Crippen molar-refractivity contribution >= 4 is 5.96 Å². The minimum absolute atomic E-state index is 0.587. The Balaban J connectivity index is 2.08. The lowest BCUT2D eigenvalue weighted by atomic mass is 9.85. The van der Waals surface area contributed by atoms with E-state index in [-0.39, 0.29) is 0 Å². The van der Waals surface area contributed by atoms with Crippen LogP contribution < -0.4 is 11.1 Å². The van der Waals surface area contributed by atoms with Crippen molar-refractivity contribution in [3.8, 4) is 0 Å². The third-order valence-corrected chi connectivity index (χ3v) is 2.42. The van der Waals surface area contributed by atoms with E-state index < -0.39 is 0 Å². The molecule has 3 N–H and O–H groups in total. The summed E-state index contributed by atoms with van der Waals surface area (Å²) in [7, 11) is 0. The van der Waals surface area contributed by atoms with Crippen LogP contribution in [0.25, 0.3) is 0 Å². The van der Waals surface area contributed by atoms with Crippen LogP contribution in [0.15, 0.2) is 4.99 Å². The fourth-order valence-corrected chi connectivity index (χ4v) is 1.28. The van der Waals surface area contributed by atoms with Crippen LogP contribution in [0.1, 0.15) is 33.1 Å². The molecule has 0 aromatic rings. The van der Waals surface area contributed by atoms with Crippen molar-refractivity contribution in [3.63, 3.8) is 0 Å². The molecule has 1 saturated carbocycles. The van der Waals surface area contributed by atoms with Crippen LogP contribution in [0.5, 0.6) is 0 Å². The summed E-state index contributed by atoms with van der Waals surface area (Å²) in [6, 6.07) is 0. The van der Waals surface area contributed by atoms with Crippen LogP contribution in [0, 0.1) is 11.8 Å². The average Bonchev–Trinajstić information content (AvgIpc) is 1.98. The van der Waals surface area contributed by atoms with E-state index in [2.05, 4.69) is 24.2 Å². The second-order valence-corrected chi connectivity index (χ2v) is 4.30. The Kier molecular flexibility index (Phi) is 4.06. The van der Waals surface area contributed by atoms with E-state index in [1.807, 2.05) is 0 Å². The Morgan fingerprint density at radius 3 is 2.69 bits per heavy atom. The fourth-order valence-electron chi connectivity index (χ4n) is 1.28. The average molecular weight is 183 g/mol. The van der Waals surface area contributed by atoms with Gasteiger partial charge in [0, 0.05) is 13.1 Å². The quantitative estimate of drug-likeness (QED) is 0.510. The highest BCUT2D eigenvalue weighted by molar-refractivity contribution is 5.77. The molecule has 0 heterocycles. The lowest BCUT2D eigenvalue weighted by Crippen LogP contribution is -2.37. The van der Waals surface area contributed by atoms with Gasteiger partial charge in [-0.25, -0.2) is 0 Å². The van der Waals surface area contributed by atoms with Gasteiger partial charge in [0.05, 0.1) is 0 Å². The van der Waals surface area contributed by atoms with E-state index in [1.165, 1.54) is 19.3 Å². The lowest BCUT2D eigenvalue weighted by Gasteiger charge is -2.25. The van der Waals surface area contributed by atoms with Gasteiger partial charge in [-0.15, -0.1) is 0 Å². The number of nitrogens with one attached hydrogen (secondary N) is 1. The number of nitrogens with two attached hydrogens (primary N) is 1. The van der Waals surface area contributed by atoms with Crippen molar-refractivity contribution in [1.29, 1.82) is 0 Å². The topological polar surface area (TPSA) is 50.4 Å². The van der Waals surface area contributed by atoms with Crippen LogP contribution in [-0.2, 0) is 0 Å². The minimum Gasteiger partial charge on any atom is -0.370 e. The molecule has 1 aliphatic carbocycles. The third-order valence-electron chi connectivity index (χ3n) is 2.42. The Hall–Kier alpha value is -0.730. The van der Waals surface area contributed by atoms with E-state index in [4.69, 9.17) is 5.73 Å². The number of hydrogen-bond donors (Lipinski definition) is 2. The molecule has 0 aromatic carbocycles.